The first-order chi connectivity index (χ1) is 12.2. The van der Waals surface area contributed by atoms with E-state index in [2.05, 4.69) is 15.4 Å². The normalized spacial score (nSPS) is 23.3. The minimum atomic E-state index is 0.108. The fraction of sp³-hybridized carbons (Fsp3) is 0.579. The smallest absolute Gasteiger partial charge is 0.246 e. The molecule has 2 heterocycles. The van der Waals surface area contributed by atoms with Crippen molar-refractivity contribution in [1.29, 1.82) is 0 Å². The van der Waals surface area contributed by atoms with E-state index in [4.69, 9.17) is 0 Å². The summed E-state index contributed by atoms with van der Waals surface area (Å²) in [4.78, 5) is 16.1. The molecule has 1 saturated carbocycles. The van der Waals surface area contributed by atoms with Gasteiger partial charge in [0.2, 0.25) is 11.7 Å². The van der Waals surface area contributed by atoms with E-state index in [9.17, 15) is 4.79 Å². The Kier molecular flexibility index (Phi) is 4.51. The number of amides is 1. The van der Waals surface area contributed by atoms with Crippen molar-refractivity contribution in [1.82, 2.24) is 25.1 Å². The number of hydrogen-bond acceptors (Lipinski definition) is 4. The van der Waals surface area contributed by atoms with Gasteiger partial charge < -0.3 is 4.90 Å². The van der Waals surface area contributed by atoms with Crippen molar-refractivity contribution >= 4 is 5.91 Å². The average molecular weight is 339 g/mol. The highest BCUT2D eigenvalue weighted by Crippen LogP contribution is 2.36. The molecule has 0 N–H and O–H groups in total. The van der Waals surface area contributed by atoms with E-state index in [-0.39, 0.29) is 12.5 Å². The summed E-state index contributed by atoms with van der Waals surface area (Å²) in [5.74, 6) is 2.20. The number of rotatable bonds is 3. The Morgan fingerprint density at radius 3 is 2.68 bits per heavy atom. The number of carbonyl (C=O) groups excluding carboxylic acids is 1. The second-order valence-electron chi connectivity index (χ2n) is 7.44. The molecule has 2 atom stereocenters. The van der Waals surface area contributed by atoms with E-state index in [1.165, 1.54) is 36.0 Å². The number of piperidine rings is 1. The molecule has 1 aliphatic carbocycles. The summed E-state index contributed by atoms with van der Waals surface area (Å²) in [5.41, 5.74) is 2.12. The van der Waals surface area contributed by atoms with E-state index in [1.807, 2.05) is 36.1 Å². The van der Waals surface area contributed by atoms with Crippen molar-refractivity contribution in [2.45, 2.75) is 45.6 Å². The molecular weight excluding hydrogens is 314 g/mol. The van der Waals surface area contributed by atoms with Gasteiger partial charge in [0.1, 0.15) is 6.54 Å². The number of tetrazole rings is 1. The van der Waals surface area contributed by atoms with Gasteiger partial charge in [-0.1, -0.05) is 49.1 Å². The number of carbonyl (C=O) groups is 1. The number of aryl methyl sites for hydroxylation is 1. The Labute approximate surface area is 148 Å². The van der Waals surface area contributed by atoms with Crippen LogP contribution in [-0.2, 0) is 11.3 Å². The number of fused-ring (bicyclic) bond motifs is 1. The third-order valence-electron chi connectivity index (χ3n) is 5.68. The van der Waals surface area contributed by atoms with E-state index in [0.717, 1.165) is 31.0 Å². The molecule has 1 aromatic carbocycles. The van der Waals surface area contributed by atoms with Crippen LogP contribution in [0.2, 0.25) is 0 Å². The molecular formula is C19H25N5O. The lowest BCUT2D eigenvalue weighted by Gasteiger charge is -2.41. The van der Waals surface area contributed by atoms with Gasteiger partial charge in [0.25, 0.3) is 0 Å². The van der Waals surface area contributed by atoms with Gasteiger partial charge in [-0.2, -0.15) is 4.80 Å². The van der Waals surface area contributed by atoms with E-state index in [0.29, 0.717) is 11.7 Å². The van der Waals surface area contributed by atoms with Gasteiger partial charge in [0.15, 0.2) is 0 Å². The van der Waals surface area contributed by atoms with Crippen LogP contribution in [0.25, 0.3) is 11.4 Å². The lowest BCUT2D eigenvalue weighted by atomic mass is 9.75. The van der Waals surface area contributed by atoms with Crippen LogP contribution in [0.3, 0.4) is 0 Å². The van der Waals surface area contributed by atoms with Gasteiger partial charge in [-0.3, -0.25) is 4.79 Å². The van der Waals surface area contributed by atoms with Gasteiger partial charge >= 0.3 is 0 Å². The van der Waals surface area contributed by atoms with Crippen molar-refractivity contribution in [3.63, 3.8) is 0 Å². The third-order valence-corrected chi connectivity index (χ3v) is 5.68. The minimum absolute atomic E-state index is 0.108. The van der Waals surface area contributed by atoms with Crippen LogP contribution < -0.4 is 0 Å². The second kappa shape index (κ2) is 6.94. The quantitative estimate of drug-likeness (QED) is 0.862. The van der Waals surface area contributed by atoms with E-state index < -0.39 is 0 Å². The Balaban J connectivity index is 1.39. The molecule has 0 spiro atoms. The fourth-order valence-corrected chi connectivity index (χ4v) is 4.18. The first kappa shape index (κ1) is 16.2. The highest BCUT2D eigenvalue weighted by atomic mass is 16.2. The molecule has 0 radical (unpaired) electrons. The zero-order valence-corrected chi connectivity index (χ0v) is 14.8. The van der Waals surface area contributed by atoms with Crippen LogP contribution in [0.4, 0.5) is 0 Å². The lowest BCUT2D eigenvalue weighted by molar-refractivity contribution is -0.135. The molecule has 2 aromatic rings. The van der Waals surface area contributed by atoms with Crippen LogP contribution in [0.1, 0.15) is 37.7 Å². The standard InChI is InChI=1S/C19H25N5O/c1-14-6-8-16(9-7-14)19-20-22-24(21-19)13-18(25)23-11-10-15-4-2-3-5-17(15)12-23/h6-9,15,17H,2-5,10-13H2,1H3/t15-,17+/m1/s1. The first-order valence-corrected chi connectivity index (χ1v) is 9.31. The van der Waals surface area contributed by atoms with Crippen LogP contribution in [-0.4, -0.2) is 44.1 Å². The van der Waals surface area contributed by atoms with Crippen LogP contribution in [0.15, 0.2) is 24.3 Å². The van der Waals surface area contributed by atoms with Gasteiger partial charge in [-0.15, -0.1) is 10.2 Å². The predicted molar refractivity (Wildman–Crippen MR) is 94.6 cm³/mol. The Hall–Kier alpha value is -2.24. The third kappa shape index (κ3) is 3.57. The monoisotopic (exact) mass is 339 g/mol. The van der Waals surface area contributed by atoms with Gasteiger partial charge in [0.05, 0.1) is 0 Å². The molecule has 1 aromatic heterocycles. The molecule has 4 rings (SSSR count). The van der Waals surface area contributed by atoms with Crippen molar-refractivity contribution in [3.8, 4) is 11.4 Å². The highest BCUT2D eigenvalue weighted by Gasteiger charge is 2.33. The highest BCUT2D eigenvalue weighted by molar-refractivity contribution is 5.76. The zero-order chi connectivity index (χ0) is 17.2. The van der Waals surface area contributed by atoms with E-state index in [1.54, 1.807) is 0 Å². The Morgan fingerprint density at radius 2 is 1.88 bits per heavy atom. The summed E-state index contributed by atoms with van der Waals surface area (Å²) < 4.78 is 0. The summed E-state index contributed by atoms with van der Waals surface area (Å²) >= 11 is 0. The summed E-state index contributed by atoms with van der Waals surface area (Å²) in [7, 11) is 0. The molecule has 132 valence electrons. The maximum Gasteiger partial charge on any atom is 0.246 e. The second-order valence-corrected chi connectivity index (χ2v) is 7.44. The summed E-state index contributed by atoms with van der Waals surface area (Å²) in [6, 6.07) is 8.00. The van der Waals surface area contributed by atoms with Gasteiger partial charge in [-0.05, 0) is 36.8 Å². The Bertz CT molecular complexity index is 739. The van der Waals surface area contributed by atoms with Gasteiger partial charge in [0, 0.05) is 18.7 Å². The van der Waals surface area contributed by atoms with Gasteiger partial charge in [-0.25, -0.2) is 0 Å². The molecule has 1 saturated heterocycles. The lowest BCUT2D eigenvalue weighted by Crippen LogP contribution is -2.46. The molecule has 6 heteroatoms. The van der Waals surface area contributed by atoms with Crippen molar-refractivity contribution in [2.75, 3.05) is 13.1 Å². The molecule has 6 nitrogen and oxygen atoms in total. The average Bonchev–Trinajstić information content (AvgIpc) is 3.10. The zero-order valence-electron chi connectivity index (χ0n) is 14.8. The number of likely N-dealkylation sites (tertiary alicyclic amines) is 1. The molecule has 0 bridgehead atoms. The molecule has 1 aliphatic heterocycles. The maximum absolute atomic E-state index is 12.6. The summed E-state index contributed by atoms with van der Waals surface area (Å²) in [6.07, 6.45) is 6.44. The predicted octanol–water partition coefficient (Wildman–Crippen LogP) is 2.69. The topological polar surface area (TPSA) is 63.9 Å². The van der Waals surface area contributed by atoms with Crippen molar-refractivity contribution in [2.24, 2.45) is 11.8 Å². The molecule has 2 fully saturated rings. The minimum Gasteiger partial charge on any atom is -0.341 e. The number of nitrogens with zero attached hydrogens (tertiary/aromatic N) is 5. The molecule has 1 amide bonds. The van der Waals surface area contributed by atoms with E-state index >= 15 is 0 Å². The molecule has 2 aliphatic rings. The maximum atomic E-state index is 12.6. The first-order valence-electron chi connectivity index (χ1n) is 9.31. The van der Waals surface area contributed by atoms with Crippen LogP contribution in [0, 0.1) is 18.8 Å². The van der Waals surface area contributed by atoms with Crippen LogP contribution in [0.5, 0.6) is 0 Å². The summed E-state index contributed by atoms with van der Waals surface area (Å²) in [5, 5.41) is 12.5. The number of hydrogen-bond donors (Lipinski definition) is 0. The number of aromatic nitrogens is 4. The largest absolute Gasteiger partial charge is 0.341 e. The fourth-order valence-electron chi connectivity index (χ4n) is 4.18. The van der Waals surface area contributed by atoms with Crippen molar-refractivity contribution < 1.29 is 4.79 Å². The molecule has 25 heavy (non-hydrogen) atoms. The molecule has 0 unspecified atom stereocenters. The summed E-state index contributed by atoms with van der Waals surface area (Å²) in [6.45, 7) is 4.00. The SMILES string of the molecule is Cc1ccc(-c2nnn(CC(=O)N3CC[C@H]4CCCC[C@H]4C3)n2)cc1. The van der Waals surface area contributed by atoms with Crippen LogP contribution >= 0.6 is 0 Å². The van der Waals surface area contributed by atoms with Crippen molar-refractivity contribution in [3.05, 3.63) is 29.8 Å². The number of benzene rings is 1. The Morgan fingerprint density at radius 1 is 1.12 bits per heavy atom.